The molecule has 2 saturated heterocycles. The van der Waals surface area contributed by atoms with Crippen LogP contribution in [0.4, 0.5) is 0 Å². The Morgan fingerprint density at radius 1 is 1.09 bits per heavy atom. The molecule has 7 heteroatoms. The lowest BCUT2D eigenvalue weighted by Crippen LogP contribution is -2.67. The van der Waals surface area contributed by atoms with Crippen LogP contribution in [0.2, 0.25) is 0 Å². The molecule has 0 saturated carbocycles. The van der Waals surface area contributed by atoms with E-state index in [1.54, 1.807) is 6.08 Å². The molecular weight excluding hydrogens is 410 g/mol. The first-order valence-corrected chi connectivity index (χ1v) is 10.8. The van der Waals surface area contributed by atoms with Gasteiger partial charge in [-0.2, -0.15) is 0 Å². The van der Waals surface area contributed by atoms with E-state index < -0.39 is 36.9 Å². The van der Waals surface area contributed by atoms with Crippen LogP contribution in [0.1, 0.15) is 24.3 Å². The fraction of sp³-hybridized carbons (Fsp3) is 0.400. The van der Waals surface area contributed by atoms with Crippen molar-refractivity contribution in [3.8, 4) is 0 Å². The van der Waals surface area contributed by atoms with Crippen LogP contribution in [-0.2, 0) is 35.1 Å². The molecule has 2 aliphatic rings. The summed E-state index contributed by atoms with van der Waals surface area (Å²) in [5.41, 5.74) is 1.91. The van der Waals surface area contributed by atoms with E-state index >= 15 is 0 Å². The Morgan fingerprint density at radius 3 is 2.50 bits per heavy atom. The van der Waals surface area contributed by atoms with Gasteiger partial charge in [0.1, 0.15) is 24.4 Å². The molecule has 0 radical (unpaired) electrons. The van der Waals surface area contributed by atoms with Crippen molar-refractivity contribution in [1.82, 2.24) is 5.32 Å². The molecule has 0 aliphatic carbocycles. The van der Waals surface area contributed by atoms with Crippen LogP contribution in [-0.4, -0.2) is 49.8 Å². The van der Waals surface area contributed by atoms with Crippen LogP contribution in [0.15, 0.2) is 73.3 Å². The maximum atomic E-state index is 12.0. The number of amides is 1. The number of carbonyl (C=O) groups excluding carboxylic acids is 1. The molecule has 0 spiro atoms. The predicted octanol–water partition coefficient (Wildman–Crippen LogP) is 3.12. The van der Waals surface area contributed by atoms with Crippen molar-refractivity contribution in [3.63, 3.8) is 0 Å². The predicted molar refractivity (Wildman–Crippen MR) is 117 cm³/mol. The largest absolute Gasteiger partial charge is 0.369 e. The first-order chi connectivity index (χ1) is 15.7. The van der Waals surface area contributed by atoms with Gasteiger partial charge >= 0.3 is 0 Å². The zero-order valence-electron chi connectivity index (χ0n) is 18.1. The van der Waals surface area contributed by atoms with Gasteiger partial charge in [0.05, 0.1) is 19.8 Å². The summed E-state index contributed by atoms with van der Waals surface area (Å²) in [5, 5.41) is 2.95. The van der Waals surface area contributed by atoms with Gasteiger partial charge in [0.2, 0.25) is 5.91 Å². The van der Waals surface area contributed by atoms with Crippen LogP contribution in [0.3, 0.4) is 0 Å². The topological polar surface area (TPSA) is 75.3 Å². The molecule has 1 N–H and O–H groups in total. The monoisotopic (exact) mass is 439 g/mol. The Kier molecular flexibility index (Phi) is 7.68. The smallest absolute Gasteiger partial charge is 0.217 e. The zero-order valence-corrected chi connectivity index (χ0v) is 18.1. The van der Waals surface area contributed by atoms with Gasteiger partial charge in [-0.1, -0.05) is 66.7 Å². The highest BCUT2D eigenvalue weighted by atomic mass is 16.7. The van der Waals surface area contributed by atoms with Crippen molar-refractivity contribution in [1.29, 1.82) is 0 Å². The number of benzene rings is 2. The summed E-state index contributed by atoms with van der Waals surface area (Å²) in [7, 11) is 0. The van der Waals surface area contributed by atoms with Crippen molar-refractivity contribution in [3.05, 3.63) is 84.4 Å². The Balaban J connectivity index is 1.55. The molecule has 2 heterocycles. The van der Waals surface area contributed by atoms with E-state index in [9.17, 15) is 4.79 Å². The number of nitrogens with one attached hydrogen (secondary N) is 1. The molecule has 7 nitrogen and oxygen atoms in total. The molecule has 0 aromatic heterocycles. The summed E-state index contributed by atoms with van der Waals surface area (Å²) in [4.78, 5) is 12.0. The molecule has 4 rings (SSSR count). The molecule has 2 unspecified atom stereocenters. The second kappa shape index (κ2) is 10.8. The van der Waals surface area contributed by atoms with Gasteiger partial charge in [0.25, 0.3) is 0 Å². The molecule has 170 valence electrons. The summed E-state index contributed by atoms with van der Waals surface area (Å²) in [6.45, 7) is 6.16. The zero-order chi connectivity index (χ0) is 22.3. The summed E-state index contributed by atoms with van der Waals surface area (Å²) in [6, 6.07) is 18.9. The molecule has 0 bridgehead atoms. The Labute approximate surface area is 188 Å². The van der Waals surface area contributed by atoms with Crippen LogP contribution in [0, 0.1) is 0 Å². The molecule has 2 aromatic carbocycles. The summed E-state index contributed by atoms with van der Waals surface area (Å²) in [6.07, 6.45) is -0.973. The van der Waals surface area contributed by atoms with E-state index in [1.165, 1.54) is 6.92 Å². The van der Waals surface area contributed by atoms with E-state index in [1.807, 2.05) is 60.7 Å². The van der Waals surface area contributed by atoms with Crippen LogP contribution < -0.4 is 5.32 Å². The molecule has 32 heavy (non-hydrogen) atoms. The lowest BCUT2D eigenvalue weighted by molar-refractivity contribution is -0.349. The first kappa shape index (κ1) is 22.6. The Hall–Kier alpha value is -2.55. The van der Waals surface area contributed by atoms with Gasteiger partial charge in [-0.3, -0.25) is 4.79 Å². The highest BCUT2D eigenvalue weighted by Gasteiger charge is 2.51. The van der Waals surface area contributed by atoms with E-state index in [4.69, 9.17) is 23.7 Å². The third-order valence-electron chi connectivity index (χ3n) is 5.44. The number of carbonyl (C=O) groups is 1. The maximum Gasteiger partial charge on any atom is 0.217 e. The molecule has 6 atom stereocenters. The second-order valence-electron chi connectivity index (χ2n) is 7.83. The molecule has 1 amide bonds. The van der Waals surface area contributed by atoms with E-state index in [0.717, 1.165) is 11.1 Å². The molecule has 2 aromatic rings. The summed E-state index contributed by atoms with van der Waals surface area (Å²) in [5.74, 6) is -0.204. The van der Waals surface area contributed by atoms with Gasteiger partial charge in [-0.25, -0.2) is 0 Å². The van der Waals surface area contributed by atoms with Crippen LogP contribution in [0.25, 0.3) is 0 Å². The minimum atomic E-state index is -0.726. The van der Waals surface area contributed by atoms with E-state index in [0.29, 0.717) is 19.8 Å². The van der Waals surface area contributed by atoms with Gasteiger partial charge in [0.15, 0.2) is 12.6 Å². The summed E-state index contributed by atoms with van der Waals surface area (Å²) < 4.78 is 30.7. The molecule has 2 aliphatic heterocycles. The van der Waals surface area contributed by atoms with Gasteiger partial charge in [-0.05, 0) is 5.56 Å². The number of fused-ring (bicyclic) bond motifs is 1. The van der Waals surface area contributed by atoms with Crippen molar-refractivity contribution in [2.24, 2.45) is 0 Å². The molecule has 2 fully saturated rings. The van der Waals surface area contributed by atoms with Crippen molar-refractivity contribution >= 4 is 5.91 Å². The average Bonchev–Trinajstić information content (AvgIpc) is 2.82. The fourth-order valence-corrected chi connectivity index (χ4v) is 4.01. The van der Waals surface area contributed by atoms with E-state index in [-0.39, 0.29) is 5.91 Å². The highest BCUT2D eigenvalue weighted by Crippen LogP contribution is 2.35. The quantitative estimate of drug-likeness (QED) is 0.637. The average molecular weight is 440 g/mol. The van der Waals surface area contributed by atoms with Crippen LogP contribution in [0.5, 0.6) is 0 Å². The second-order valence-corrected chi connectivity index (χ2v) is 7.83. The minimum Gasteiger partial charge on any atom is -0.369 e. The maximum absolute atomic E-state index is 12.0. The number of rotatable bonds is 8. The normalized spacial score (nSPS) is 29.7. The van der Waals surface area contributed by atoms with Gasteiger partial charge in [-0.15, -0.1) is 6.58 Å². The fourth-order valence-electron chi connectivity index (χ4n) is 4.01. The van der Waals surface area contributed by atoms with Crippen molar-refractivity contribution in [2.75, 3.05) is 13.2 Å². The minimum absolute atomic E-state index is 0.204. The lowest BCUT2D eigenvalue weighted by Gasteiger charge is -2.49. The van der Waals surface area contributed by atoms with Gasteiger partial charge in [0, 0.05) is 12.5 Å². The third-order valence-corrected chi connectivity index (χ3v) is 5.44. The standard InChI is InChI=1S/C25H29NO6/c1-3-14-28-23-21(26-17(2)27)25(29-15-18-10-6-4-7-11-18)31-20-16-30-24(32-22(20)23)19-12-8-5-9-13-19/h3-13,20-25H,1,14-16H2,2H3,(H,26,27)/t20?,21-,22-,23-,24?,25+/m1/s1. The highest BCUT2D eigenvalue weighted by molar-refractivity contribution is 5.73. The Bertz CT molecular complexity index is 877. The third kappa shape index (κ3) is 5.43. The van der Waals surface area contributed by atoms with Gasteiger partial charge < -0.3 is 29.0 Å². The van der Waals surface area contributed by atoms with Crippen molar-refractivity contribution in [2.45, 2.75) is 50.5 Å². The Morgan fingerprint density at radius 2 is 1.81 bits per heavy atom. The van der Waals surface area contributed by atoms with Crippen molar-refractivity contribution < 1.29 is 28.5 Å². The number of hydrogen-bond acceptors (Lipinski definition) is 6. The number of ether oxygens (including phenoxy) is 5. The van der Waals surface area contributed by atoms with E-state index in [2.05, 4.69) is 11.9 Å². The lowest BCUT2D eigenvalue weighted by atomic mass is 9.95. The van der Waals surface area contributed by atoms with Crippen LogP contribution >= 0.6 is 0 Å². The summed E-state index contributed by atoms with van der Waals surface area (Å²) >= 11 is 0. The first-order valence-electron chi connectivity index (χ1n) is 10.8. The SMILES string of the molecule is C=CCO[C@@H]1[C@@H](NC(C)=O)[C@@H](OCc2ccccc2)OC2COC(c3ccccc3)O[C@H]21. The number of hydrogen-bond donors (Lipinski definition) is 1. The molecular formula is C25H29NO6.